The summed E-state index contributed by atoms with van der Waals surface area (Å²) in [7, 11) is 0. The number of hydrogen-bond acceptors (Lipinski definition) is 4. The SMILES string of the molecule is NCCCCC(N)(CCl)C(=O)OCl. The summed E-state index contributed by atoms with van der Waals surface area (Å²) < 4.78 is 4.03. The standard InChI is InChI=1S/C7H14Cl2N2O2/c8-5-7(11,6(12)13-9)3-1-2-4-10/h1-5,10-11H2. The second-order valence-corrected chi connectivity index (χ2v) is 3.32. The molecule has 0 aliphatic rings. The molecular weight excluding hydrogens is 215 g/mol. The van der Waals surface area contributed by atoms with E-state index in [4.69, 9.17) is 34.9 Å². The topological polar surface area (TPSA) is 78.3 Å². The maximum Gasteiger partial charge on any atom is 0.345 e. The Morgan fingerprint density at radius 2 is 2.08 bits per heavy atom. The number of carbonyl (C=O) groups excluding carboxylic acids is 1. The normalized spacial score (nSPS) is 15.1. The molecule has 6 heteroatoms. The van der Waals surface area contributed by atoms with Gasteiger partial charge in [0, 0.05) is 0 Å². The van der Waals surface area contributed by atoms with Crippen molar-refractivity contribution >= 4 is 29.4 Å². The molecule has 13 heavy (non-hydrogen) atoms. The van der Waals surface area contributed by atoms with E-state index in [0.717, 1.165) is 12.8 Å². The molecule has 0 saturated carbocycles. The summed E-state index contributed by atoms with van der Waals surface area (Å²) >= 11 is 10.5. The van der Waals surface area contributed by atoms with Crippen molar-refractivity contribution in [2.24, 2.45) is 11.5 Å². The molecule has 0 amide bonds. The van der Waals surface area contributed by atoms with Gasteiger partial charge in [-0.3, -0.25) is 0 Å². The fraction of sp³-hybridized carbons (Fsp3) is 0.857. The summed E-state index contributed by atoms with van der Waals surface area (Å²) in [5.41, 5.74) is 9.77. The highest BCUT2D eigenvalue weighted by Crippen LogP contribution is 2.15. The van der Waals surface area contributed by atoms with E-state index < -0.39 is 11.5 Å². The maximum absolute atomic E-state index is 11.1. The summed E-state index contributed by atoms with van der Waals surface area (Å²) in [6.45, 7) is 0.564. The van der Waals surface area contributed by atoms with Crippen molar-refractivity contribution < 1.29 is 9.08 Å². The number of carbonyl (C=O) groups is 1. The maximum atomic E-state index is 11.1. The Hall–Kier alpha value is -0.0300. The quantitative estimate of drug-likeness (QED) is 0.520. The molecule has 0 radical (unpaired) electrons. The second-order valence-electron chi connectivity index (χ2n) is 2.90. The van der Waals surface area contributed by atoms with E-state index in [1.807, 2.05) is 0 Å². The third kappa shape index (κ3) is 4.13. The van der Waals surface area contributed by atoms with E-state index in [1.54, 1.807) is 0 Å². The van der Waals surface area contributed by atoms with Gasteiger partial charge in [-0.2, -0.15) is 0 Å². The Morgan fingerprint density at radius 3 is 2.46 bits per heavy atom. The number of hydrogen-bond donors (Lipinski definition) is 2. The van der Waals surface area contributed by atoms with Crippen molar-refractivity contribution in [3.05, 3.63) is 0 Å². The van der Waals surface area contributed by atoms with Crippen LogP contribution in [-0.4, -0.2) is 23.9 Å². The van der Waals surface area contributed by atoms with Crippen LogP contribution in [0.3, 0.4) is 0 Å². The fourth-order valence-electron chi connectivity index (χ4n) is 0.885. The summed E-state index contributed by atoms with van der Waals surface area (Å²) in [4.78, 5) is 11.1. The van der Waals surface area contributed by atoms with Crippen molar-refractivity contribution in [1.82, 2.24) is 0 Å². The number of halogens is 2. The molecule has 1 atom stereocenters. The van der Waals surface area contributed by atoms with Crippen LogP contribution < -0.4 is 11.5 Å². The lowest BCUT2D eigenvalue weighted by molar-refractivity contribution is -0.139. The smallest absolute Gasteiger partial charge is 0.345 e. The minimum Gasteiger partial charge on any atom is -0.346 e. The molecule has 0 heterocycles. The zero-order valence-corrected chi connectivity index (χ0v) is 8.77. The number of nitrogens with two attached hydrogens (primary N) is 2. The average Bonchev–Trinajstić information content (AvgIpc) is 2.16. The van der Waals surface area contributed by atoms with Gasteiger partial charge < -0.3 is 15.8 Å². The van der Waals surface area contributed by atoms with Crippen LogP contribution in [0.2, 0.25) is 0 Å². The molecule has 0 spiro atoms. The molecule has 0 fully saturated rings. The number of unbranched alkanes of at least 4 members (excludes halogenated alkanes) is 1. The Kier molecular flexibility index (Phi) is 6.41. The Balaban J connectivity index is 4.03. The molecule has 0 saturated heterocycles. The summed E-state index contributed by atoms with van der Waals surface area (Å²) in [5, 5.41) is 0. The van der Waals surface area contributed by atoms with E-state index in [1.165, 1.54) is 0 Å². The van der Waals surface area contributed by atoms with Crippen LogP contribution in [0.5, 0.6) is 0 Å². The third-order valence-electron chi connectivity index (χ3n) is 1.79. The van der Waals surface area contributed by atoms with Crippen molar-refractivity contribution in [3.63, 3.8) is 0 Å². The molecule has 0 aliphatic heterocycles. The predicted molar refractivity (Wildman–Crippen MR) is 52.5 cm³/mol. The molecule has 0 rings (SSSR count). The van der Waals surface area contributed by atoms with E-state index in [-0.39, 0.29) is 5.88 Å². The number of rotatable bonds is 6. The fourth-order valence-corrected chi connectivity index (χ4v) is 1.28. The first-order chi connectivity index (χ1) is 6.10. The predicted octanol–water partition coefficient (Wildman–Crippen LogP) is 0.749. The van der Waals surface area contributed by atoms with Crippen LogP contribution >= 0.6 is 23.5 Å². The first-order valence-electron chi connectivity index (χ1n) is 3.98. The first-order valence-corrected chi connectivity index (χ1v) is 4.83. The Bertz CT molecular complexity index is 169. The van der Waals surface area contributed by atoms with Crippen molar-refractivity contribution in [3.8, 4) is 0 Å². The van der Waals surface area contributed by atoms with Gasteiger partial charge in [-0.25, -0.2) is 4.79 Å². The van der Waals surface area contributed by atoms with Gasteiger partial charge in [0.1, 0.15) is 17.4 Å². The van der Waals surface area contributed by atoms with Gasteiger partial charge in [0.05, 0.1) is 5.88 Å². The van der Waals surface area contributed by atoms with Crippen LogP contribution in [0.25, 0.3) is 0 Å². The lowest BCUT2D eigenvalue weighted by Crippen LogP contribution is -2.50. The van der Waals surface area contributed by atoms with Gasteiger partial charge in [0.25, 0.3) is 0 Å². The van der Waals surface area contributed by atoms with Crippen molar-refractivity contribution in [2.75, 3.05) is 12.4 Å². The summed E-state index contributed by atoms with van der Waals surface area (Å²) in [5.74, 6) is -0.704. The zero-order valence-electron chi connectivity index (χ0n) is 7.26. The van der Waals surface area contributed by atoms with Gasteiger partial charge in [-0.1, -0.05) is 0 Å². The third-order valence-corrected chi connectivity index (χ3v) is 2.41. The average molecular weight is 229 g/mol. The van der Waals surface area contributed by atoms with Gasteiger partial charge in [-0.05, 0) is 25.8 Å². The minimum atomic E-state index is -1.18. The van der Waals surface area contributed by atoms with Gasteiger partial charge in [-0.15, -0.1) is 11.6 Å². The summed E-state index contributed by atoms with van der Waals surface area (Å²) in [6.07, 6.45) is 1.95. The lowest BCUT2D eigenvalue weighted by Gasteiger charge is -2.22. The lowest BCUT2D eigenvalue weighted by atomic mass is 9.96. The molecule has 0 aromatic heterocycles. The molecule has 0 bridgehead atoms. The van der Waals surface area contributed by atoms with Crippen molar-refractivity contribution in [1.29, 1.82) is 0 Å². The highest BCUT2D eigenvalue weighted by atomic mass is 35.5. The van der Waals surface area contributed by atoms with E-state index >= 15 is 0 Å². The molecule has 4 nitrogen and oxygen atoms in total. The highest BCUT2D eigenvalue weighted by molar-refractivity contribution is 6.21. The summed E-state index contributed by atoms with van der Waals surface area (Å²) in [6, 6.07) is 0. The zero-order chi connectivity index (χ0) is 10.3. The van der Waals surface area contributed by atoms with Gasteiger partial charge >= 0.3 is 5.97 Å². The largest absolute Gasteiger partial charge is 0.346 e. The monoisotopic (exact) mass is 228 g/mol. The van der Waals surface area contributed by atoms with Crippen LogP contribution in [0.4, 0.5) is 0 Å². The molecule has 0 aromatic rings. The van der Waals surface area contributed by atoms with Gasteiger partial charge in [0.2, 0.25) is 0 Å². The van der Waals surface area contributed by atoms with Crippen LogP contribution in [-0.2, 0) is 9.08 Å². The van der Waals surface area contributed by atoms with Crippen LogP contribution in [0.15, 0.2) is 0 Å². The number of alkyl halides is 1. The Labute approximate surface area is 87.7 Å². The van der Waals surface area contributed by atoms with E-state index in [9.17, 15) is 4.79 Å². The second kappa shape index (κ2) is 6.43. The van der Waals surface area contributed by atoms with Crippen LogP contribution in [0.1, 0.15) is 19.3 Å². The molecule has 1 unspecified atom stereocenters. The minimum absolute atomic E-state index is 0.0108. The highest BCUT2D eigenvalue weighted by Gasteiger charge is 2.34. The first kappa shape index (κ1) is 13.0. The van der Waals surface area contributed by atoms with E-state index in [2.05, 4.69) is 4.29 Å². The molecular formula is C7H14Cl2N2O2. The molecule has 4 N–H and O–H groups in total. The van der Waals surface area contributed by atoms with Crippen LogP contribution in [0, 0.1) is 0 Å². The molecule has 78 valence electrons. The molecule has 0 aliphatic carbocycles. The van der Waals surface area contributed by atoms with E-state index in [0.29, 0.717) is 13.0 Å². The van der Waals surface area contributed by atoms with Crippen molar-refractivity contribution in [2.45, 2.75) is 24.8 Å². The molecule has 0 aromatic carbocycles. The Morgan fingerprint density at radius 1 is 1.46 bits per heavy atom. The van der Waals surface area contributed by atoms with Gasteiger partial charge in [0.15, 0.2) is 0 Å².